The summed E-state index contributed by atoms with van der Waals surface area (Å²) in [6.07, 6.45) is 7.82. The normalized spacial score (nSPS) is 28.8. The van der Waals surface area contributed by atoms with Crippen LogP contribution >= 0.6 is 11.8 Å². The Balaban J connectivity index is 0.947. The SMILES string of the molecule is C[C@@H]1[C@H](CSc2ncccc2C(=O)O)O[C@H](c2ccc(-c3cccc(CNC(=O)NC45CC6CC(CC(C6)C4)C5)c3)cc2)O[C@@H]1c1ccc(CO)cc1. The van der Waals surface area contributed by atoms with Crippen LogP contribution < -0.4 is 10.6 Å². The fraction of sp³-hybridized carbons (Fsp3) is 0.419. The van der Waals surface area contributed by atoms with E-state index < -0.39 is 12.3 Å². The first-order chi connectivity index (χ1) is 25.7. The lowest BCUT2D eigenvalue weighted by atomic mass is 9.53. The highest BCUT2D eigenvalue weighted by atomic mass is 32.2. The number of aromatic carboxylic acids is 1. The van der Waals surface area contributed by atoms with E-state index in [2.05, 4.69) is 46.8 Å². The van der Waals surface area contributed by atoms with E-state index in [9.17, 15) is 19.8 Å². The highest BCUT2D eigenvalue weighted by molar-refractivity contribution is 7.99. The maximum atomic E-state index is 13.1. The number of nitrogens with zero attached hydrogens (tertiary/aromatic N) is 1. The summed E-state index contributed by atoms with van der Waals surface area (Å²) in [5, 5.41) is 26.3. The number of rotatable bonds is 11. The van der Waals surface area contributed by atoms with Crippen LogP contribution in [0.5, 0.6) is 0 Å². The third-order valence-corrected chi connectivity index (χ3v) is 12.9. The molecular weight excluding hydrogens is 687 g/mol. The maximum absolute atomic E-state index is 13.1. The van der Waals surface area contributed by atoms with E-state index in [0.717, 1.165) is 70.4 Å². The number of nitrogens with one attached hydrogen (secondary N) is 2. The summed E-state index contributed by atoms with van der Waals surface area (Å²) in [4.78, 5) is 29.3. The molecule has 0 unspecified atom stereocenters. The number of carboxylic acid groups (broad SMARTS) is 1. The number of carbonyl (C=O) groups excluding carboxylic acids is 1. The summed E-state index contributed by atoms with van der Waals surface area (Å²) in [5.41, 5.74) is 5.96. The Labute approximate surface area is 314 Å². The molecule has 1 aromatic heterocycles. The number of hydrogen-bond donors (Lipinski definition) is 4. The third-order valence-electron chi connectivity index (χ3n) is 11.8. The Morgan fingerprint density at radius 2 is 1.55 bits per heavy atom. The summed E-state index contributed by atoms with van der Waals surface area (Å²) >= 11 is 1.37. The first kappa shape index (κ1) is 35.8. The van der Waals surface area contributed by atoms with Gasteiger partial charge >= 0.3 is 12.0 Å². The van der Waals surface area contributed by atoms with Crippen LogP contribution in [0.2, 0.25) is 0 Å². The highest BCUT2D eigenvalue weighted by Gasteiger charge is 2.51. The van der Waals surface area contributed by atoms with Crippen LogP contribution in [0.3, 0.4) is 0 Å². The van der Waals surface area contributed by atoms with E-state index in [0.29, 0.717) is 17.3 Å². The van der Waals surface area contributed by atoms with Crippen molar-refractivity contribution >= 4 is 23.8 Å². The molecule has 4 saturated carbocycles. The standard InChI is InChI=1S/C43H47N3O6S/c1-26-37(25-53-39-36(40(48)49)6-3-15-44-39)51-41(52-38(26)33-9-7-27(24-47)8-10-33)34-13-11-32(12-14-34)35-5-2-4-28(19-35)23-45-42(50)46-43-20-29-16-30(21-43)18-31(17-29)22-43/h2-15,19,26,29-31,37-38,41,47H,16-18,20-25H2,1H3,(H,48,49)(H2,45,46,50)/t26-,29?,30?,31?,37+,38+,41+,43?/m1/s1. The summed E-state index contributed by atoms with van der Waals surface area (Å²) < 4.78 is 13.3. The molecule has 5 aliphatic rings. The van der Waals surface area contributed by atoms with Crippen molar-refractivity contribution in [3.05, 3.63) is 119 Å². The second-order valence-electron chi connectivity index (χ2n) is 15.6. The maximum Gasteiger partial charge on any atom is 0.338 e. The zero-order valence-corrected chi connectivity index (χ0v) is 30.8. The van der Waals surface area contributed by atoms with Gasteiger partial charge in [-0.05, 0) is 102 Å². The van der Waals surface area contributed by atoms with E-state index in [4.69, 9.17) is 9.47 Å². The van der Waals surface area contributed by atoms with Crippen LogP contribution in [0.1, 0.15) is 90.5 Å². The Morgan fingerprint density at radius 3 is 2.23 bits per heavy atom. The molecular formula is C43H47N3O6S. The van der Waals surface area contributed by atoms with E-state index in [1.165, 1.54) is 31.0 Å². The number of ether oxygens (including phenoxy) is 2. The number of amides is 2. The number of hydrogen-bond acceptors (Lipinski definition) is 7. The second-order valence-corrected chi connectivity index (χ2v) is 16.6. The number of carboxylic acids is 1. The molecule has 0 spiro atoms. The van der Waals surface area contributed by atoms with Gasteiger partial charge in [-0.2, -0.15) is 0 Å². The van der Waals surface area contributed by atoms with Gasteiger partial charge in [0.15, 0.2) is 6.29 Å². The van der Waals surface area contributed by atoms with Gasteiger partial charge in [0.2, 0.25) is 0 Å². The highest BCUT2D eigenvalue weighted by Crippen LogP contribution is 2.55. The van der Waals surface area contributed by atoms with Crippen LogP contribution in [0.15, 0.2) is 96.2 Å². The van der Waals surface area contributed by atoms with E-state index >= 15 is 0 Å². The molecule has 9 nitrogen and oxygen atoms in total. The minimum absolute atomic E-state index is 0.0153. The molecule has 4 bridgehead atoms. The lowest BCUT2D eigenvalue weighted by Gasteiger charge is -2.56. The molecule has 0 radical (unpaired) electrons. The van der Waals surface area contributed by atoms with Gasteiger partial charge in [-0.15, -0.1) is 11.8 Å². The smallest absolute Gasteiger partial charge is 0.338 e. The van der Waals surface area contributed by atoms with Crippen LogP contribution in [0, 0.1) is 23.7 Å². The van der Waals surface area contributed by atoms with Crippen molar-refractivity contribution in [1.29, 1.82) is 0 Å². The summed E-state index contributed by atoms with van der Waals surface area (Å²) in [6, 6.07) is 27.3. The quantitative estimate of drug-likeness (QED) is 0.113. The van der Waals surface area contributed by atoms with Crippen molar-refractivity contribution in [2.75, 3.05) is 5.75 Å². The number of benzene rings is 3. The average Bonchev–Trinajstić information content (AvgIpc) is 3.16. The molecule has 2 amide bonds. The fourth-order valence-electron chi connectivity index (χ4n) is 9.56. The van der Waals surface area contributed by atoms with Gasteiger partial charge in [0.1, 0.15) is 5.03 Å². The number of urea groups is 1. The van der Waals surface area contributed by atoms with Crippen molar-refractivity contribution in [2.24, 2.45) is 23.7 Å². The topological polar surface area (TPSA) is 130 Å². The molecule has 53 heavy (non-hydrogen) atoms. The zero-order chi connectivity index (χ0) is 36.5. The largest absolute Gasteiger partial charge is 0.478 e. The molecule has 4 aliphatic carbocycles. The second kappa shape index (κ2) is 15.3. The number of aromatic nitrogens is 1. The molecule has 9 rings (SSSR count). The van der Waals surface area contributed by atoms with Crippen LogP contribution in [-0.2, 0) is 22.6 Å². The summed E-state index contributed by atoms with van der Waals surface area (Å²) in [5.74, 6) is 1.76. The monoisotopic (exact) mass is 733 g/mol. The number of aliphatic hydroxyl groups is 1. The number of aliphatic hydroxyl groups excluding tert-OH is 1. The number of pyridine rings is 1. The summed E-state index contributed by atoms with van der Waals surface area (Å²) in [7, 11) is 0. The molecule has 4 aromatic rings. The van der Waals surface area contributed by atoms with Gasteiger partial charge in [-0.25, -0.2) is 14.6 Å². The lowest BCUT2D eigenvalue weighted by molar-refractivity contribution is -0.268. The van der Waals surface area contributed by atoms with Crippen LogP contribution in [-0.4, -0.2) is 44.6 Å². The molecule has 1 saturated heterocycles. The van der Waals surface area contributed by atoms with Crippen molar-refractivity contribution in [3.63, 3.8) is 0 Å². The minimum Gasteiger partial charge on any atom is -0.478 e. The van der Waals surface area contributed by atoms with Crippen LogP contribution in [0.4, 0.5) is 4.79 Å². The molecule has 2 heterocycles. The summed E-state index contributed by atoms with van der Waals surface area (Å²) in [6.45, 7) is 2.50. The molecule has 4 atom stereocenters. The Morgan fingerprint density at radius 1 is 0.849 bits per heavy atom. The van der Waals surface area contributed by atoms with E-state index in [1.807, 2.05) is 48.5 Å². The average molecular weight is 734 g/mol. The van der Waals surface area contributed by atoms with Crippen molar-refractivity contribution < 1.29 is 29.3 Å². The fourth-order valence-corrected chi connectivity index (χ4v) is 10.7. The Hall–Kier alpha value is -4.22. The van der Waals surface area contributed by atoms with E-state index in [-0.39, 0.29) is 41.9 Å². The predicted molar refractivity (Wildman–Crippen MR) is 203 cm³/mol. The van der Waals surface area contributed by atoms with Gasteiger partial charge in [0, 0.05) is 35.5 Å². The number of carbonyl (C=O) groups is 2. The first-order valence-electron chi connectivity index (χ1n) is 18.8. The molecule has 276 valence electrons. The van der Waals surface area contributed by atoms with Crippen molar-refractivity contribution in [2.45, 2.75) is 87.7 Å². The van der Waals surface area contributed by atoms with Gasteiger partial charge < -0.3 is 30.3 Å². The molecule has 4 N–H and O–H groups in total. The first-order valence-corrected chi connectivity index (χ1v) is 19.8. The van der Waals surface area contributed by atoms with Gasteiger partial charge in [0.25, 0.3) is 0 Å². The predicted octanol–water partition coefficient (Wildman–Crippen LogP) is 8.29. The molecule has 3 aromatic carbocycles. The van der Waals surface area contributed by atoms with Gasteiger partial charge in [-0.3, -0.25) is 0 Å². The molecule has 5 fully saturated rings. The van der Waals surface area contributed by atoms with E-state index in [1.54, 1.807) is 18.3 Å². The molecule has 1 aliphatic heterocycles. The van der Waals surface area contributed by atoms with Gasteiger partial charge in [-0.1, -0.05) is 73.7 Å². The third kappa shape index (κ3) is 7.87. The van der Waals surface area contributed by atoms with Crippen molar-refractivity contribution in [1.82, 2.24) is 15.6 Å². The van der Waals surface area contributed by atoms with Crippen LogP contribution in [0.25, 0.3) is 11.1 Å². The van der Waals surface area contributed by atoms with Crippen molar-refractivity contribution in [3.8, 4) is 11.1 Å². The zero-order valence-electron chi connectivity index (χ0n) is 29.9. The van der Waals surface area contributed by atoms with Gasteiger partial charge in [0.05, 0.1) is 24.4 Å². The lowest BCUT2D eigenvalue weighted by Crippen LogP contribution is -2.61. The Kier molecular flexibility index (Phi) is 10.3. The molecule has 10 heteroatoms. The number of thioether (sulfide) groups is 1. The minimum atomic E-state index is -1.01. The Bertz CT molecular complexity index is 1900.